The summed E-state index contributed by atoms with van der Waals surface area (Å²) in [5.41, 5.74) is 0. The van der Waals surface area contributed by atoms with Gasteiger partial charge < -0.3 is 4.90 Å². The maximum Gasteiger partial charge on any atom is 0.327 e. The second-order valence-corrected chi connectivity index (χ2v) is 4.37. The highest BCUT2D eigenvalue weighted by atomic mass is 16.2. The Morgan fingerprint density at radius 3 is 2.67 bits per heavy atom. The first-order valence-electron chi connectivity index (χ1n) is 5.81. The van der Waals surface area contributed by atoms with E-state index in [1.54, 1.807) is 4.90 Å². The van der Waals surface area contributed by atoms with Crippen LogP contribution in [0.3, 0.4) is 0 Å². The molecule has 2 aliphatic rings. The first kappa shape index (κ1) is 10.5. The molecule has 0 aliphatic carbocycles. The van der Waals surface area contributed by atoms with E-state index in [4.69, 9.17) is 0 Å². The number of nitrogens with zero attached hydrogens (tertiary/aromatic N) is 2. The molecule has 0 radical (unpaired) electrons. The van der Waals surface area contributed by atoms with Crippen LogP contribution in [0, 0.1) is 5.92 Å². The van der Waals surface area contributed by atoms with Crippen LogP contribution in [0.25, 0.3) is 0 Å². The van der Waals surface area contributed by atoms with E-state index in [0.717, 1.165) is 25.8 Å². The van der Waals surface area contributed by atoms with Gasteiger partial charge in [0.25, 0.3) is 5.91 Å². The summed E-state index contributed by atoms with van der Waals surface area (Å²) in [7, 11) is 0. The molecule has 2 heterocycles. The number of piperidine rings is 1. The number of carbonyl (C=O) groups excluding carboxylic acids is 2. The fraction of sp³-hybridized carbons (Fsp3) is 0.818. The molecule has 2 aliphatic heterocycles. The van der Waals surface area contributed by atoms with E-state index in [1.165, 1.54) is 4.90 Å². The monoisotopic (exact) mass is 210 g/mol. The largest absolute Gasteiger partial charge is 0.327 e. The van der Waals surface area contributed by atoms with Gasteiger partial charge in [-0.3, -0.25) is 9.69 Å². The van der Waals surface area contributed by atoms with Gasteiger partial charge in [0.05, 0.1) is 0 Å². The van der Waals surface area contributed by atoms with Gasteiger partial charge in [-0.15, -0.1) is 0 Å². The highest BCUT2D eigenvalue weighted by Crippen LogP contribution is 2.31. The lowest BCUT2D eigenvalue weighted by atomic mass is 9.89. The molecule has 3 amide bonds. The van der Waals surface area contributed by atoms with Crippen molar-refractivity contribution in [2.75, 3.05) is 13.1 Å². The smallest absolute Gasteiger partial charge is 0.312 e. The lowest BCUT2D eigenvalue weighted by Crippen LogP contribution is -2.42. The number of hydrogen-bond donors (Lipinski definition) is 0. The Hall–Kier alpha value is -1.06. The molecule has 2 saturated heterocycles. The number of amides is 3. The van der Waals surface area contributed by atoms with Gasteiger partial charge in [-0.1, -0.05) is 13.3 Å². The summed E-state index contributed by atoms with van der Waals surface area (Å²) < 4.78 is 0. The maximum absolute atomic E-state index is 11.9. The van der Waals surface area contributed by atoms with Crippen molar-refractivity contribution >= 4 is 11.9 Å². The Bertz CT molecular complexity index is 290. The quantitative estimate of drug-likeness (QED) is 0.647. The number of urea groups is 1. The predicted octanol–water partition coefficient (Wildman–Crippen LogP) is 1.46. The summed E-state index contributed by atoms with van der Waals surface area (Å²) >= 11 is 0. The van der Waals surface area contributed by atoms with Crippen molar-refractivity contribution in [2.24, 2.45) is 5.92 Å². The first-order valence-corrected chi connectivity index (χ1v) is 5.81. The number of imide groups is 1. The third-order valence-corrected chi connectivity index (χ3v) is 3.63. The number of fused-ring (bicyclic) bond motifs is 1. The molecule has 0 aromatic carbocycles. The summed E-state index contributed by atoms with van der Waals surface area (Å²) in [5.74, 6) is 0.625. The lowest BCUT2D eigenvalue weighted by molar-refractivity contribution is -0.129. The zero-order chi connectivity index (χ0) is 11.0. The van der Waals surface area contributed by atoms with Crippen LogP contribution >= 0.6 is 0 Å². The van der Waals surface area contributed by atoms with Crippen LogP contribution in [0.5, 0.6) is 0 Å². The van der Waals surface area contributed by atoms with Gasteiger partial charge in [0.15, 0.2) is 0 Å². The third kappa shape index (κ3) is 1.52. The van der Waals surface area contributed by atoms with Gasteiger partial charge in [0.2, 0.25) is 0 Å². The van der Waals surface area contributed by atoms with E-state index in [2.05, 4.69) is 6.92 Å². The molecular weight excluding hydrogens is 192 g/mol. The van der Waals surface area contributed by atoms with Crippen LogP contribution < -0.4 is 0 Å². The molecular formula is C11H18N2O2. The number of carbonyl (C=O) groups is 2. The molecule has 15 heavy (non-hydrogen) atoms. The van der Waals surface area contributed by atoms with Crippen molar-refractivity contribution in [1.82, 2.24) is 9.80 Å². The SMILES string of the molecule is CCC1CCN2C(=O)N(CC)C(=O)C2C1. The van der Waals surface area contributed by atoms with E-state index in [0.29, 0.717) is 12.5 Å². The van der Waals surface area contributed by atoms with Crippen LogP contribution in [0.1, 0.15) is 33.1 Å². The molecule has 4 heteroatoms. The van der Waals surface area contributed by atoms with Gasteiger partial charge in [-0.05, 0) is 25.7 Å². The molecule has 2 fully saturated rings. The standard InChI is InChI=1S/C11H18N2O2/c1-3-8-5-6-13-9(7-8)10(14)12(4-2)11(13)15/h8-9H,3-7H2,1-2H3. The van der Waals surface area contributed by atoms with Crippen LogP contribution in [-0.4, -0.2) is 40.9 Å². The Balaban J connectivity index is 2.15. The van der Waals surface area contributed by atoms with Crippen molar-refractivity contribution in [3.63, 3.8) is 0 Å². The fourth-order valence-electron chi connectivity index (χ4n) is 2.59. The van der Waals surface area contributed by atoms with Crippen LogP contribution in [0.15, 0.2) is 0 Å². The summed E-state index contributed by atoms with van der Waals surface area (Å²) in [6, 6.07) is -0.238. The number of hydrogen-bond acceptors (Lipinski definition) is 2. The zero-order valence-electron chi connectivity index (χ0n) is 9.40. The molecule has 0 bridgehead atoms. The van der Waals surface area contributed by atoms with Crippen LogP contribution in [0.2, 0.25) is 0 Å². The molecule has 2 unspecified atom stereocenters. The van der Waals surface area contributed by atoms with E-state index < -0.39 is 0 Å². The maximum atomic E-state index is 11.9. The van der Waals surface area contributed by atoms with Gasteiger partial charge in [-0.2, -0.15) is 0 Å². The second-order valence-electron chi connectivity index (χ2n) is 4.37. The van der Waals surface area contributed by atoms with Crippen molar-refractivity contribution in [3.8, 4) is 0 Å². The van der Waals surface area contributed by atoms with Crippen molar-refractivity contribution in [1.29, 1.82) is 0 Å². The zero-order valence-corrected chi connectivity index (χ0v) is 9.40. The van der Waals surface area contributed by atoms with Crippen molar-refractivity contribution < 1.29 is 9.59 Å². The Labute approximate surface area is 90.2 Å². The fourth-order valence-corrected chi connectivity index (χ4v) is 2.59. The molecule has 0 saturated carbocycles. The molecule has 2 rings (SSSR count). The van der Waals surface area contributed by atoms with Crippen molar-refractivity contribution in [2.45, 2.75) is 39.2 Å². The highest BCUT2D eigenvalue weighted by molar-refractivity contribution is 6.04. The first-order chi connectivity index (χ1) is 7.19. The normalized spacial score (nSPS) is 31.1. The minimum atomic E-state index is -0.156. The van der Waals surface area contributed by atoms with Gasteiger partial charge >= 0.3 is 6.03 Å². The van der Waals surface area contributed by atoms with Crippen LogP contribution in [-0.2, 0) is 4.79 Å². The highest BCUT2D eigenvalue weighted by Gasteiger charge is 2.46. The molecule has 0 aromatic heterocycles. The van der Waals surface area contributed by atoms with E-state index in [1.807, 2.05) is 6.92 Å². The third-order valence-electron chi connectivity index (χ3n) is 3.63. The summed E-state index contributed by atoms with van der Waals surface area (Å²) in [6.45, 7) is 5.26. The molecule has 0 N–H and O–H groups in total. The lowest BCUT2D eigenvalue weighted by Gasteiger charge is -2.31. The second kappa shape index (κ2) is 3.83. The summed E-state index contributed by atoms with van der Waals surface area (Å²) in [6.07, 6.45) is 3.01. The average molecular weight is 210 g/mol. The van der Waals surface area contributed by atoms with E-state index in [9.17, 15) is 9.59 Å². The Kier molecular flexibility index (Phi) is 2.67. The van der Waals surface area contributed by atoms with Gasteiger partial charge in [0.1, 0.15) is 6.04 Å². The van der Waals surface area contributed by atoms with E-state index in [-0.39, 0.29) is 18.0 Å². The van der Waals surface area contributed by atoms with Crippen molar-refractivity contribution in [3.05, 3.63) is 0 Å². The van der Waals surface area contributed by atoms with E-state index >= 15 is 0 Å². The Morgan fingerprint density at radius 1 is 1.33 bits per heavy atom. The topological polar surface area (TPSA) is 40.6 Å². The van der Waals surface area contributed by atoms with Crippen LogP contribution in [0.4, 0.5) is 4.79 Å². The van der Waals surface area contributed by atoms with Gasteiger partial charge in [-0.25, -0.2) is 4.79 Å². The minimum Gasteiger partial charge on any atom is -0.312 e. The number of rotatable bonds is 2. The average Bonchev–Trinajstić information content (AvgIpc) is 2.51. The molecule has 84 valence electrons. The molecule has 4 nitrogen and oxygen atoms in total. The molecule has 2 atom stereocenters. The minimum absolute atomic E-state index is 0.0145. The predicted molar refractivity (Wildman–Crippen MR) is 56.3 cm³/mol. The molecule has 0 aromatic rings. The van der Waals surface area contributed by atoms with Gasteiger partial charge in [0, 0.05) is 13.1 Å². The summed E-state index contributed by atoms with van der Waals surface area (Å²) in [4.78, 5) is 26.8. The Morgan fingerprint density at radius 2 is 2.07 bits per heavy atom. The molecule has 0 spiro atoms. The summed E-state index contributed by atoms with van der Waals surface area (Å²) in [5, 5.41) is 0. The number of likely N-dealkylation sites (N-methyl/N-ethyl adjacent to an activating group) is 1.